The molecule has 0 unspecified atom stereocenters. The van der Waals surface area contributed by atoms with E-state index in [0.29, 0.717) is 0 Å². The van der Waals surface area contributed by atoms with Gasteiger partial charge in [-0.3, -0.25) is 4.79 Å². The van der Waals surface area contributed by atoms with Crippen LogP contribution >= 0.6 is 0 Å². The van der Waals surface area contributed by atoms with Gasteiger partial charge in [-0.25, -0.2) is 0 Å². The van der Waals surface area contributed by atoms with E-state index in [9.17, 15) is 18.0 Å². The van der Waals surface area contributed by atoms with Crippen LogP contribution < -0.4 is 0 Å². The molecule has 1 amide bonds. The van der Waals surface area contributed by atoms with Gasteiger partial charge < -0.3 is 4.90 Å². The van der Waals surface area contributed by atoms with Crippen LogP contribution in [0.15, 0.2) is 11.8 Å². The molecule has 1 rings (SSSR count). The molecule has 2 nitrogen and oxygen atoms in total. The third kappa shape index (κ3) is 1.78. The molecule has 0 bridgehead atoms. The Kier molecular flexibility index (Phi) is 2.12. The molecule has 12 heavy (non-hydrogen) atoms. The van der Waals surface area contributed by atoms with Crippen LogP contribution in [0.25, 0.3) is 0 Å². The number of alkyl halides is 3. The predicted octanol–water partition coefficient (Wildman–Crippen LogP) is 1.68. The van der Waals surface area contributed by atoms with E-state index in [0.717, 1.165) is 11.1 Å². The summed E-state index contributed by atoms with van der Waals surface area (Å²) >= 11 is 0. The topological polar surface area (TPSA) is 20.3 Å². The lowest BCUT2D eigenvalue weighted by molar-refractivity contribution is -0.130. The first-order valence-corrected chi connectivity index (χ1v) is 3.45. The fourth-order valence-electron chi connectivity index (χ4n) is 1.00. The van der Waals surface area contributed by atoms with E-state index in [4.69, 9.17) is 0 Å². The van der Waals surface area contributed by atoms with Crippen molar-refractivity contribution in [3.05, 3.63) is 11.8 Å². The maximum absolute atomic E-state index is 12.0. The molecule has 1 aliphatic rings. The summed E-state index contributed by atoms with van der Waals surface area (Å²) in [6.45, 7) is 0. The number of nitrogens with zero attached hydrogens (tertiary/aromatic N) is 1. The van der Waals surface area contributed by atoms with Gasteiger partial charge in [0.1, 0.15) is 0 Å². The van der Waals surface area contributed by atoms with Crippen LogP contribution in [-0.2, 0) is 4.79 Å². The predicted molar refractivity (Wildman–Crippen MR) is 36.1 cm³/mol. The second-order valence-electron chi connectivity index (χ2n) is 2.66. The summed E-state index contributed by atoms with van der Waals surface area (Å²) in [5.41, 5.74) is -0.635. The maximum Gasteiger partial charge on any atom is 0.414 e. The van der Waals surface area contributed by atoms with Crippen LogP contribution in [0.2, 0.25) is 0 Å². The lowest BCUT2D eigenvalue weighted by Gasteiger charge is -2.22. The van der Waals surface area contributed by atoms with E-state index < -0.39 is 11.7 Å². The number of carbonyl (C=O) groups excluding carboxylic acids is 1. The summed E-state index contributed by atoms with van der Waals surface area (Å²) in [4.78, 5) is 11.8. The summed E-state index contributed by atoms with van der Waals surface area (Å²) in [7, 11) is 1.33. The zero-order chi connectivity index (χ0) is 9.35. The number of rotatable bonds is 0. The second kappa shape index (κ2) is 2.80. The number of halogens is 3. The highest BCUT2D eigenvalue weighted by atomic mass is 19.4. The summed E-state index contributed by atoms with van der Waals surface area (Å²) < 4.78 is 36.1. The highest BCUT2D eigenvalue weighted by Crippen LogP contribution is 2.31. The van der Waals surface area contributed by atoms with Gasteiger partial charge >= 0.3 is 6.18 Å². The van der Waals surface area contributed by atoms with Crippen molar-refractivity contribution in [3.8, 4) is 0 Å². The average Bonchev–Trinajstić information content (AvgIpc) is 1.92. The van der Waals surface area contributed by atoms with Gasteiger partial charge in [0, 0.05) is 25.2 Å². The largest absolute Gasteiger partial charge is 0.414 e. The third-order valence-electron chi connectivity index (χ3n) is 1.72. The Hall–Kier alpha value is -1.00. The van der Waals surface area contributed by atoms with Gasteiger partial charge in [-0.1, -0.05) is 0 Å². The molecule has 5 heteroatoms. The molecule has 0 atom stereocenters. The van der Waals surface area contributed by atoms with Crippen LogP contribution in [0, 0.1) is 0 Å². The lowest BCUT2D eigenvalue weighted by atomic mass is 10.1. The monoisotopic (exact) mass is 179 g/mol. The molecule has 0 aromatic heterocycles. The van der Waals surface area contributed by atoms with Gasteiger partial charge in [0.25, 0.3) is 0 Å². The van der Waals surface area contributed by atoms with Crippen LogP contribution in [0.1, 0.15) is 12.8 Å². The Bertz CT molecular complexity index is 231. The molecular formula is C7H8F3NO. The smallest absolute Gasteiger partial charge is 0.322 e. The van der Waals surface area contributed by atoms with E-state index >= 15 is 0 Å². The van der Waals surface area contributed by atoms with E-state index in [2.05, 4.69) is 0 Å². The Morgan fingerprint density at radius 2 is 2.00 bits per heavy atom. The van der Waals surface area contributed by atoms with Crippen molar-refractivity contribution in [1.29, 1.82) is 0 Å². The second-order valence-corrected chi connectivity index (χ2v) is 2.66. The van der Waals surface area contributed by atoms with E-state index in [1.165, 1.54) is 7.05 Å². The summed E-state index contributed by atoms with van der Waals surface area (Å²) in [6.07, 6.45) is -3.70. The van der Waals surface area contributed by atoms with Crippen molar-refractivity contribution < 1.29 is 18.0 Å². The molecule has 0 radical (unpaired) electrons. The van der Waals surface area contributed by atoms with Gasteiger partial charge in [0.2, 0.25) is 5.91 Å². The van der Waals surface area contributed by atoms with Crippen LogP contribution in [0.3, 0.4) is 0 Å². The number of allylic oxidation sites excluding steroid dienone is 1. The molecule has 0 saturated carbocycles. The molecule has 0 fully saturated rings. The van der Waals surface area contributed by atoms with Crippen LogP contribution in [0.4, 0.5) is 13.2 Å². The fraction of sp³-hybridized carbons (Fsp3) is 0.571. The molecular weight excluding hydrogens is 171 g/mol. The Labute approximate surface area is 67.7 Å². The molecule has 1 heterocycles. The first-order chi connectivity index (χ1) is 5.41. The minimum Gasteiger partial charge on any atom is -0.322 e. The molecule has 0 N–H and O–H groups in total. The zero-order valence-corrected chi connectivity index (χ0v) is 6.48. The molecule has 0 spiro atoms. The molecule has 68 valence electrons. The van der Waals surface area contributed by atoms with Crippen molar-refractivity contribution >= 4 is 5.91 Å². The van der Waals surface area contributed by atoms with E-state index in [1.807, 2.05) is 0 Å². The third-order valence-corrected chi connectivity index (χ3v) is 1.72. The normalized spacial score (nSPS) is 19.5. The Balaban J connectivity index is 2.82. The molecule has 1 aliphatic heterocycles. The number of hydrogen-bond donors (Lipinski definition) is 0. The van der Waals surface area contributed by atoms with E-state index in [1.54, 1.807) is 0 Å². The van der Waals surface area contributed by atoms with Crippen LogP contribution in [-0.4, -0.2) is 24.0 Å². The standard InChI is InChI=1S/C7H8F3NO/c1-11-4-5(7(8,9)10)2-3-6(11)12/h4H,2-3H2,1H3. The van der Waals surface area contributed by atoms with Crippen molar-refractivity contribution in [3.63, 3.8) is 0 Å². The van der Waals surface area contributed by atoms with Crippen molar-refractivity contribution in [2.75, 3.05) is 7.05 Å². The average molecular weight is 179 g/mol. The highest BCUT2D eigenvalue weighted by molar-refractivity contribution is 5.78. The van der Waals surface area contributed by atoms with Gasteiger partial charge in [-0.05, 0) is 6.42 Å². The summed E-state index contributed by atoms with van der Waals surface area (Å²) in [5.74, 6) is -0.275. The minimum atomic E-state index is -4.30. The van der Waals surface area contributed by atoms with Crippen LogP contribution in [0.5, 0.6) is 0 Å². The van der Waals surface area contributed by atoms with E-state index in [-0.39, 0.29) is 18.7 Å². The quantitative estimate of drug-likeness (QED) is 0.554. The minimum absolute atomic E-state index is 0.0537. The van der Waals surface area contributed by atoms with Gasteiger partial charge in [-0.15, -0.1) is 0 Å². The molecule has 0 aliphatic carbocycles. The number of amides is 1. The first kappa shape index (κ1) is 9.09. The molecule has 0 saturated heterocycles. The Morgan fingerprint density at radius 1 is 1.42 bits per heavy atom. The lowest BCUT2D eigenvalue weighted by Crippen LogP contribution is -2.29. The van der Waals surface area contributed by atoms with Crippen molar-refractivity contribution in [2.24, 2.45) is 0 Å². The number of hydrogen-bond acceptors (Lipinski definition) is 1. The zero-order valence-electron chi connectivity index (χ0n) is 6.48. The fourth-order valence-corrected chi connectivity index (χ4v) is 1.00. The maximum atomic E-state index is 12.0. The highest BCUT2D eigenvalue weighted by Gasteiger charge is 2.36. The molecule has 0 aromatic rings. The van der Waals surface area contributed by atoms with Gasteiger partial charge in [-0.2, -0.15) is 13.2 Å². The summed E-state index contributed by atoms with van der Waals surface area (Å²) in [6, 6.07) is 0. The van der Waals surface area contributed by atoms with Gasteiger partial charge in [0.05, 0.1) is 0 Å². The first-order valence-electron chi connectivity index (χ1n) is 3.45. The van der Waals surface area contributed by atoms with Crippen molar-refractivity contribution in [2.45, 2.75) is 19.0 Å². The summed E-state index contributed by atoms with van der Waals surface area (Å²) in [5, 5.41) is 0. The SMILES string of the molecule is CN1C=C(C(F)(F)F)CCC1=O. The Morgan fingerprint density at radius 3 is 2.42 bits per heavy atom. The van der Waals surface area contributed by atoms with Crippen molar-refractivity contribution in [1.82, 2.24) is 4.90 Å². The number of carbonyl (C=O) groups is 1. The van der Waals surface area contributed by atoms with Gasteiger partial charge in [0.15, 0.2) is 0 Å². The molecule has 0 aromatic carbocycles.